The highest BCUT2D eigenvalue weighted by atomic mass is 16.2. The SMILES string of the molecule is N#Cc1ccc(CN2CCN(CC(=O)NC3CCN(Cc4ccccc4)C3)CC2)cc1. The van der Waals surface area contributed by atoms with E-state index in [0.717, 1.165) is 58.8 Å². The predicted molar refractivity (Wildman–Crippen MR) is 121 cm³/mol. The Hall–Kier alpha value is -2.72. The Morgan fingerprint density at radius 3 is 2.23 bits per heavy atom. The number of hydrogen-bond donors (Lipinski definition) is 1. The van der Waals surface area contributed by atoms with Crippen molar-refractivity contribution in [2.24, 2.45) is 0 Å². The Morgan fingerprint density at radius 2 is 1.52 bits per heavy atom. The summed E-state index contributed by atoms with van der Waals surface area (Å²) in [6.07, 6.45) is 1.02. The number of likely N-dealkylation sites (tertiary alicyclic amines) is 1. The number of carbonyl (C=O) groups excluding carboxylic acids is 1. The summed E-state index contributed by atoms with van der Waals surface area (Å²) < 4.78 is 0. The molecule has 0 radical (unpaired) electrons. The second kappa shape index (κ2) is 10.5. The Balaban J connectivity index is 1.14. The molecule has 2 saturated heterocycles. The third-order valence-electron chi connectivity index (χ3n) is 6.21. The van der Waals surface area contributed by atoms with Crippen LogP contribution in [0.5, 0.6) is 0 Å². The van der Waals surface area contributed by atoms with Crippen LogP contribution in [-0.4, -0.2) is 72.5 Å². The van der Waals surface area contributed by atoms with E-state index in [1.807, 2.05) is 30.3 Å². The third kappa shape index (κ3) is 6.38. The van der Waals surface area contributed by atoms with Gasteiger partial charge in [-0.05, 0) is 29.7 Å². The van der Waals surface area contributed by atoms with Gasteiger partial charge in [-0.3, -0.25) is 19.5 Å². The molecule has 0 bridgehead atoms. The molecule has 2 aliphatic heterocycles. The molecule has 0 aromatic heterocycles. The minimum absolute atomic E-state index is 0.145. The Morgan fingerprint density at radius 1 is 0.871 bits per heavy atom. The summed E-state index contributed by atoms with van der Waals surface area (Å²) in [5.74, 6) is 0.145. The molecule has 4 rings (SSSR count). The van der Waals surface area contributed by atoms with Crippen molar-refractivity contribution in [3.8, 4) is 6.07 Å². The highest BCUT2D eigenvalue weighted by molar-refractivity contribution is 5.78. The largest absolute Gasteiger partial charge is 0.351 e. The van der Waals surface area contributed by atoms with Gasteiger partial charge in [-0.25, -0.2) is 0 Å². The number of amides is 1. The lowest BCUT2D eigenvalue weighted by atomic mass is 10.1. The van der Waals surface area contributed by atoms with Crippen LogP contribution in [0.4, 0.5) is 0 Å². The smallest absolute Gasteiger partial charge is 0.234 e. The minimum Gasteiger partial charge on any atom is -0.351 e. The average molecular weight is 418 g/mol. The summed E-state index contributed by atoms with van der Waals surface area (Å²) in [4.78, 5) is 19.6. The van der Waals surface area contributed by atoms with Crippen molar-refractivity contribution in [1.29, 1.82) is 5.26 Å². The standard InChI is InChI=1S/C25H31N5O/c26-16-21-6-8-23(9-7-21)17-28-12-14-29(15-13-28)20-25(31)27-24-10-11-30(19-24)18-22-4-2-1-3-5-22/h1-9,24H,10-15,17-20H2,(H,27,31). The fourth-order valence-electron chi connectivity index (χ4n) is 4.46. The molecule has 162 valence electrons. The van der Waals surface area contributed by atoms with E-state index in [-0.39, 0.29) is 11.9 Å². The van der Waals surface area contributed by atoms with Gasteiger partial charge >= 0.3 is 0 Å². The molecule has 1 atom stereocenters. The van der Waals surface area contributed by atoms with E-state index in [1.54, 1.807) is 0 Å². The van der Waals surface area contributed by atoms with Gasteiger partial charge < -0.3 is 5.32 Å². The fourth-order valence-corrected chi connectivity index (χ4v) is 4.46. The van der Waals surface area contributed by atoms with E-state index in [2.05, 4.69) is 50.4 Å². The number of nitrogens with one attached hydrogen (secondary N) is 1. The third-order valence-corrected chi connectivity index (χ3v) is 6.21. The van der Waals surface area contributed by atoms with Crippen molar-refractivity contribution >= 4 is 5.91 Å². The lowest BCUT2D eigenvalue weighted by molar-refractivity contribution is -0.123. The average Bonchev–Trinajstić information content (AvgIpc) is 3.22. The van der Waals surface area contributed by atoms with E-state index in [0.29, 0.717) is 12.1 Å². The van der Waals surface area contributed by atoms with Crippen molar-refractivity contribution in [3.63, 3.8) is 0 Å². The molecule has 0 saturated carbocycles. The summed E-state index contributed by atoms with van der Waals surface area (Å²) in [6.45, 7) is 8.04. The van der Waals surface area contributed by atoms with Crippen molar-refractivity contribution < 1.29 is 4.79 Å². The summed E-state index contributed by atoms with van der Waals surface area (Å²) >= 11 is 0. The molecule has 2 heterocycles. The van der Waals surface area contributed by atoms with Crippen LogP contribution in [0.3, 0.4) is 0 Å². The van der Waals surface area contributed by atoms with Crippen molar-refractivity contribution in [2.45, 2.75) is 25.6 Å². The fraction of sp³-hybridized carbons (Fsp3) is 0.440. The van der Waals surface area contributed by atoms with Gasteiger partial charge in [0.1, 0.15) is 0 Å². The van der Waals surface area contributed by atoms with Gasteiger partial charge in [0, 0.05) is 58.4 Å². The molecule has 0 spiro atoms. The summed E-state index contributed by atoms with van der Waals surface area (Å²) in [7, 11) is 0. The topological polar surface area (TPSA) is 62.6 Å². The van der Waals surface area contributed by atoms with Crippen LogP contribution in [0.2, 0.25) is 0 Å². The molecule has 2 aromatic rings. The molecule has 1 unspecified atom stereocenters. The zero-order valence-corrected chi connectivity index (χ0v) is 18.0. The number of piperazine rings is 1. The van der Waals surface area contributed by atoms with Crippen molar-refractivity contribution in [1.82, 2.24) is 20.0 Å². The molecule has 1 N–H and O–H groups in total. The van der Waals surface area contributed by atoms with Gasteiger partial charge in [0.2, 0.25) is 5.91 Å². The Labute approximate surface area is 185 Å². The van der Waals surface area contributed by atoms with Crippen LogP contribution in [0.15, 0.2) is 54.6 Å². The van der Waals surface area contributed by atoms with Gasteiger partial charge in [0.25, 0.3) is 0 Å². The second-order valence-electron chi connectivity index (χ2n) is 8.63. The molecule has 0 aliphatic carbocycles. The number of nitrogens with zero attached hydrogens (tertiary/aromatic N) is 4. The van der Waals surface area contributed by atoms with Crippen LogP contribution < -0.4 is 5.32 Å². The Kier molecular flexibility index (Phi) is 7.31. The second-order valence-corrected chi connectivity index (χ2v) is 8.63. The van der Waals surface area contributed by atoms with Crippen LogP contribution in [0.25, 0.3) is 0 Å². The molecule has 2 aromatic carbocycles. The van der Waals surface area contributed by atoms with Crippen LogP contribution in [0.1, 0.15) is 23.1 Å². The molecular weight excluding hydrogens is 386 g/mol. The maximum absolute atomic E-state index is 12.6. The highest BCUT2D eigenvalue weighted by Crippen LogP contribution is 2.14. The zero-order chi connectivity index (χ0) is 21.5. The first kappa shape index (κ1) is 21.5. The lowest BCUT2D eigenvalue weighted by Crippen LogP contribution is -2.50. The number of hydrogen-bond acceptors (Lipinski definition) is 5. The number of rotatable bonds is 7. The first-order valence-corrected chi connectivity index (χ1v) is 11.2. The summed E-state index contributed by atoms with van der Waals surface area (Å²) in [5, 5.41) is 12.2. The van der Waals surface area contributed by atoms with Crippen molar-refractivity contribution in [2.75, 3.05) is 45.8 Å². The molecule has 2 fully saturated rings. The lowest BCUT2D eigenvalue weighted by Gasteiger charge is -2.34. The van der Waals surface area contributed by atoms with Crippen LogP contribution >= 0.6 is 0 Å². The van der Waals surface area contributed by atoms with Crippen LogP contribution in [-0.2, 0) is 17.9 Å². The molecule has 1 amide bonds. The normalized spacial score (nSPS) is 20.4. The van der Waals surface area contributed by atoms with Gasteiger partial charge in [0.15, 0.2) is 0 Å². The van der Waals surface area contributed by atoms with Gasteiger partial charge in [-0.2, -0.15) is 5.26 Å². The maximum atomic E-state index is 12.6. The van der Waals surface area contributed by atoms with Gasteiger partial charge in [0.05, 0.1) is 18.2 Å². The first-order chi connectivity index (χ1) is 15.2. The molecule has 31 heavy (non-hydrogen) atoms. The summed E-state index contributed by atoms with van der Waals surface area (Å²) in [6, 6.07) is 20.7. The molecule has 2 aliphatic rings. The maximum Gasteiger partial charge on any atom is 0.234 e. The minimum atomic E-state index is 0.145. The van der Waals surface area contributed by atoms with E-state index in [1.165, 1.54) is 11.1 Å². The monoisotopic (exact) mass is 417 g/mol. The van der Waals surface area contributed by atoms with E-state index in [9.17, 15) is 4.79 Å². The highest BCUT2D eigenvalue weighted by Gasteiger charge is 2.25. The van der Waals surface area contributed by atoms with E-state index >= 15 is 0 Å². The molecule has 6 heteroatoms. The number of benzene rings is 2. The molecular formula is C25H31N5O. The van der Waals surface area contributed by atoms with E-state index in [4.69, 9.17) is 5.26 Å². The summed E-state index contributed by atoms with van der Waals surface area (Å²) in [5.41, 5.74) is 3.25. The van der Waals surface area contributed by atoms with Crippen LogP contribution in [0, 0.1) is 11.3 Å². The van der Waals surface area contributed by atoms with Gasteiger partial charge in [-0.1, -0.05) is 42.5 Å². The number of carbonyl (C=O) groups is 1. The zero-order valence-electron chi connectivity index (χ0n) is 18.0. The Bertz CT molecular complexity index is 884. The van der Waals surface area contributed by atoms with Crippen molar-refractivity contribution in [3.05, 3.63) is 71.3 Å². The van der Waals surface area contributed by atoms with Gasteiger partial charge in [-0.15, -0.1) is 0 Å². The molecule has 6 nitrogen and oxygen atoms in total. The quantitative estimate of drug-likeness (QED) is 0.747. The van der Waals surface area contributed by atoms with E-state index < -0.39 is 0 Å². The number of nitriles is 1. The predicted octanol–water partition coefficient (Wildman–Crippen LogP) is 2.07. The first-order valence-electron chi connectivity index (χ1n) is 11.2.